The van der Waals surface area contributed by atoms with Crippen LogP contribution in [0.5, 0.6) is 0 Å². The van der Waals surface area contributed by atoms with Crippen LogP contribution in [0.3, 0.4) is 0 Å². The van der Waals surface area contributed by atoms with Crippen molar-refractivity contribution < 1.29 is 9.53 Å². The zero-order valence-corrected chi connectivity index (χ0v) is 12.1. The number of rotatable bonds is 2. The third kappa shape index (κ3) is 4.01. The third-order valence-electron chi connectivity index (χ3n) is 2.92. The Bertz CT molecular complexity index is 467. The Hall–Kier alpha value is -1.99. The Morgan fingerprint density at radius 1 is 1.55 bits per heavy atom. The van der Waals surface area contributed by atoms with Gasteiger partial charge in [0.25, 0.3) is 0 Å². The van der Waals surface area contributed by atoms with Gasteiger partial charge in [0.2, 0.25) is 11.9 Å². The first-order chi connectivity index (χ1) is 9.33. The maximum absolute atomic E-state index is 11.8. The lowest BCUT2D eigenvalue weighted by Crippen LogP contribution is -2.49. The Morgan fingerprint density at radius 3 is 2.90 bits per heavy atom. The summed E-state index contributed by atoms with van der Waals surface area (Å²) in [5.74, 6) is 0.861. The monoisotopic (exact) mass is 282 g/mol. The molecule has 112 valence electrons. The highest BCUT2D eigenvalue weighted by atomic mass is 16.6. The van der Waals surface area contributed by atoms with Crippen molar-refractivity contribution in [2.75, 3.05) is 23.7 Å². The SMILES string of the molecule is CC(C)(C)OC(=O)N[C@H]1CCCN(c2n[nH]c(N)n2)C1. The number of carbonyl (C=O) groups is 1. The number of piperidine rings is 1. The van der Waals surface area contributed by atoms with E-state index in [1.54, 1.807) is 0 Å². The van der Waals surface area contributed by atoms with Gasteiger partial charge >= 0.3 is 6.09 Å². The van der Waals surface area contributed by atoms with Crippen molar-refractivity contribution in [2.24, 2.45) is 0 Å². The number of hydrogen-bond acceptors (Lipinski definition) is 6. The molecule has 1 saturated heterocycles. The minimum absolute atomic E-state index is 0.0262. The molecule has 0 unspecified atom stereocenters. The summed E-state index contributed by atoms with van der Waals surface area (Å²) >= 11 is 0. The molecule has 8 nitrogen and oxygen atoms in total. The predicted molar refractivity (Wildman–Crippen MR) is 75.4 cm³/mol. The van der Waals surface area contributed by atoms with Crippen LogP contribution < -0.4 is 16.0 Å². The number of aromatic nitrogens is 3. The maximum atomic E-state index is 11.8. The van der Waals surface area contributed by atoms with Crippen LogP contribution in [-0.4, -0.2) is 46.0 Å². The molecule has 0 aliphatic carbocycles. The first-order valence-electron chi connectivity index (χ1n) is 6.76. The molecule has 1 aromatic heterocycles. The molecule has 8 heteroatoms. The number of hydrogen-bond donors (Lipinski definition) is 3. The van der Waals surface area contributed by atoms with Crippen molar-refractivity contribution in [3.63, 3.8) is 0 Å². The van der Waals surface area contributed by atoms with E-state index in [1.807, 2.05) is 25.7 Å². The molecule has 1 aromatic rings. The lowest BCUT2D eigenvalue weighted by atomic mass is 10.1. The van der Waals surface area contributed by atoms with Crippen molar-refractivity contribution in [3.8, 4) is 0 Å². The zero-order chi connectivity index (χ0) is 14.8. The van der Waals surface area contributed by atoms with E-state index in [1.165, 1.54) is 0 Å². The Morgan fingerprint density at radius 2 is 2.30 bits per heavy atom. The van der Waals surface area contributed by atoms with Crippen molar-refractivity contribution in [3.05, 3.63) is 0 Å². The van der Waals surface area contributed by atoms with Gasteiger partial charge in [-0.3, -0.25) is 0 Å². The maximum Gasteiger partial charge on any atom is 0.407 e. The van der Waals surface area contributed by atoms with Gasteiger partial charge in [0, 0.05) is 19.1 Å². The summed E-state index contributed by atoms with van der Waals surface area (Å²) in [4.78, 5) is 17.9. The topological polar surface area (TPSA) is 109 Å². The van der Waals surface area contributed by atoms with E-state index >= 15 is 0 Å². The highest BCUT2D eigenvalue weighted by Crippen LogP contribution is 2.17. The fourth-order valence-electron chi connectivity index (χ4n) is 2.16. The number of alkyl carbamates (subject to hydrolysis) is 1. The molecule has 0 spiro atoms. The molecule has 1 amide bonds. The summed E-state index contributed by atoms with van der Waals surface area (Å²) in [6.45, 7) is 7.03. The standard InChI is InChI=1S/C12H22N6O2/c1-12(2,3)20-11(19)14-8-5-4-6-18(7-8)10-15-9(13)16-17-10/h8H,4-7H2,1-3H3,(H,14,19)(H3,13,15,16,17)/t8-/m0/s1. The molecule has 0 aromatic carbocycles. The van der Waals surface area contributed by atoms with Gasteiger partial charge in [-0.15, -0.1) is 5.10 Å². The number of aromatic amines is 1. The van der Waals surface area contributed by atoms with Crippen LogP contribution in [0, 0.1) is 0 Å². The summed E-state index contributed by atoms with van der Waals surface area (Å²) in [6.07, 6.45) is 1.48. The Balaban J connectivity index is 1.89. The number of anilines is 2. The fourth-order valence-corrected chi connectivity index (χ4v) is 2.16. The molecule has 2 heterocycles. The number of nitrogens with two attached hydrogens (primary N) is 1. The van der Waals surface area contributed by atoms with Gasteiger partial charge in [-0.1, -0.05) is 0 Å². The molecule has 20 heavy (non-hydrogen) atoms. The average molecular weight is 282 g/mol. The number of ether oxygens (including phenoxy) is 1. The summed E-state index contributed by atoms with van der Waals surface area (Å²) in [5.41, 5.74) is 5.04. The van der Waals surface area contributed by atoms with Crippen molar-refractivity contribution >= 4 is 18.0 Å². The normalized spacial score (nSPS) is 19.8. The van der Waals surface area contributed by atoms with Crippen LogP contribution in [0.4, 0.5) is 16.7 Å². The second-order valence-electron chi connectivity index (χ2n) is 5.95. The molecule has 1 fully saturated rings. The molecule has 4 N–H and O–H groups in total. The molecule has 0 saturated carbocycles. The van der Waals surface area contributed by atoms with Crippen LogP contribution in [-0.2, 0) is 4.74 Å². The number of amides is 1. The molecular formula is C12H22N6O2. The zero-order valence-electron chi connectivity index (χ0n) is 12.1. The van der Waals surface area contributed by atoms with E-state index in [2.05, 4.69) is 20.5 Å². The van der Waals surface area contributed by atoms with E-state index in [9.17, 15) is 4.79 Å². The minimum atomic E-state index is -0.489. The van der Waals surface area contributed by atoms with Gasteiger partial charge in [-0.25, -0.2) is 9.89 Å². The highest BCUT2D eigenvalue weighted by Gasteiger charge is 2.25. The number of H-pyrrole nitrogens is 1. The number of nitrogen functional groups attached to an aromatic ring is 1. The second kappa shape index (κ2) is 5.56. The fraction of sp³-hybridized carbons (Fsp3) is 0.750. The first kappa shape index (κ1) is 14.4. The third-order valence-corrected chi connectivity index (χ3v) is 2.92. The molecule has 1 aliphatic rings. The van der Waals surface area contributed by atoms with Gasteiger partial charge in [0.15, 0.2) is 0 Å². The summed E-state index contributed by atoms with van der Waals surface area (Å²) in [5, 5.41) is 9.53. The van der Waals surface area contributed by atoms with Gasteiger partial charge in [0.05, 0.1) is 0 Å². The highest BCUT2D eigenvalue weighted by molar-refractivity contribution is 5.68. The average Bonchev–Trinajstić information content (AvgIpc) is 2.73. The number of nitrogens with zero attached hydrogens (tertiary/aromatic N) is 3. The van der Waals surface area contributed by atoms with Crippen LogP contribution in [0.1, 0.15) is 33.6 Å². The first-order valence-corrected chi connectivity index (χ1v) is 6.76. The summed E-state index contributed by atoms with van der Waals surface area (Å²) in [6, 6.07) is 0.0262. The van der Waals surface area contributed by atoms with E-state index in [-0.39, 0.29) is 12.1 Å². The molecule has 1 atom stereocenters. The van der Waals surface area contributed by atoms with Gasteiger partial charge in [0.1, 0.15) is 5.60 Å². The minimum Gasteiger partial charge on any atom is -0.444 e. The molecule has 2 rings (SSSR count). The van der Waals surface area contributed by atoms with Crippen LogP contribution in [0.2, 0.25) is 0 Å². The van der Waals surface area contributed by atoms with E-state index < -0.39 is 5.60 Å². The second-order valence-corrected chi connectivity index (χ2v) is 5.95. The molecule has 1 aliphatic heterocycles. The quantitative estimate of drug-likeness (QED) is 0.743. The van der Waals surface area contributed by atoms with Crippen molar-refractivity contribution in [2.45, 2.75) is 45.3 Å². The predicted octanol–water partition coefficient (Wildman–Crippen LogP) is 0.880. The van der Waals surface area contributed by atoms with Gasteiger partial charge in [-0.2, -0.15) is 4.98 Å². The Kier molecular flexibility index (Phi) is 4.01. The lowest BCUT2D eigenvalue weighted by molar-refractivity contribution is 0.0500. The van der Waals surface area contributed by atoms with Crippen molar-refractivity contribution in [1.82, 2.24) is 20.5 Å². The Labute approximate surface area is 118 Å². The molecule has 0 radical (unpaired) electrons. The summed E-state index contributed by atoms with van der Waals surface area (Å²) in [7, 11) is 0. The van der Waals surface area contributed by atoms with E-state index in [0.29, 0.717) is 18.4 Å². The summed E-state index contributed by atoms with van der Waals surface area (Å²) < 4.78 is 5.26. The number of nitrogens with one attached hydrogen (secondary N) is 2. The van der Waals surface area contributed by atoms with Crippen LogP contribution in [0.25, 0.3) is 0 Å². The smallest absolute Gasteiger partial charge is 0.407 e. The molecular weight excluding hydrogens is 260 g/mol. The van der Waals surface area contributed by atoms with Crippen LogP contribution >= 0.6 is 0 Å². The van der Waals surface area contributed by atoms with E-state index in [0.717, 1.165) is 19.4 Å². The van der Waals surface area contributed by atoms with Gasteiger partial charge < -0.3 is 20.7 Å². The van der Waals surface area contributed by atoms with Crippen molar-refractivity contribution in [1.29, 1.82) is 0 Å². The largest absolute Gasteiger partial charge is 0.444 e. The van der Waals surface area contributed by atoms with Gasteiger partial charge in [-0.05, 0) is 33.6 Å². The van der Waals surface area contributed by atoms with E-state index in [4.69, 9.17) is 10.5 Å². The van der Waals surface area contributed by atoms with Crippen LogP contribution in [0.15, 0.2) is 0 Å². The lowest BCUT2D eigenvalue weighted by Gasteiger charge is -2.32. The number of carbonyl (C=O) groups excluding carboxylic acids is 1. The molecule has 0 bridgehead atoms.